The van der Waals surface area contributed by atoms with E-state index < -0.39 is 10.0 Å². The van der Waals surface area contributed by atoms with Gasteiger partial charge in [-0.3, -0.25) is 4.68 Å². The first kappa shape index (κ1) is 16.5. The van der Waals surface area contributed by atoms with Crippen molar-refractivity contribution in [3.8, 4) is 0 Å². The second kappa shape index (κ2) is 5.92. The van der Waals surface area contributed by atoms with Gasteiger partial charge in [-0.25, -0.2) is 13.1 Å². The molecule has 1 aromatic carbocycles. The fourth-order valence-corrected chi connectivity index (χ4v) is 4.83. The molecule has 0 amide bonds. The molecular formula is C16H20ClN3O2S. The highest BCUT2D eigenvalue weighted by molar-refractivity contribution is 7.89. The van der Waals surface area contributed by atoms with E-state index in [1.54, 1.807) is 14.0 Å². The molecular weight excluding hydrogens is 334 g/mol. The van der Waals surface area contributed by atoms with E-state index in [2.05, 4.69) is 9.82 Å². The molecule has 1 aliphatic carbocycles. The van der Waals surface area contributed by atoms with Crippen molar-refractivity contribution in [2.75, 3.05) is 0 Å². The standard InChI is InChI=1S/C16H20ClN3O2S/c1-10-4-6-12(7-5-10)14(13-8-9-13)19-23(21,22)15-11(2)18-20(3)16(15)17/h4-7,13-14,19H,8-9H2,1-3H3/t14-/m1/s1. The molecule has 5 nitrogen and oxygen atoms in total. The van der Waals surface area contributed by atoms with Crippen LogP contribution in [0.5, 0.6) is 0 Å². The summed E-state index contributed by atoms with van der Waals surface area (Å²) in [6.45, 7) is 3.66. The van der Waals surface area contributed by atoms with Gasteiger partial charge in [-0.1, -0.05) is 41.4 Å². The summed E-state index contributed by atoms with van der Waals surface area (Å²) in [5.74, 6) is 0.336. The molecule has 1 N–H and O–H groups in total. The van der Waals surface area contributed by atoms with Gasteiger partial charge in [-0.15, -0.1) is 0 Å². The van der Waals surface area contributed by atoms with E-state index in [1.165, 1.54) is 4.68 Å². The van der Waals surface area contributed by atoms with Gasteiger partial charge in [-0.05, 0) is 38.2 Å². The van der Waals surface area contributed by atoms with Gasteiger partial charge in [0.05, 0.1) is 5.69 Å². The number of nitrogens with one attached hydrogen (secondary N) is 1. The van der Waals surface area contributed by atoms with Crippen molar-refractivity contribution in [2.45, 2.75) is 37.6 Å². The second-order valence-corrected chi connectivity index (χ2v) is 8.18. The molecule has 0 saturated heterocycles. The van der Waals surface area contributed by atoms with Crippen LogP contribution in [0.4, 0.5) is 0 Å². The lowest BCUT2D eigenvalue weighted by Gasteiger charge is -2.19. The van der Waals surface area contributed by atoms with Crippen LogP contribution < -0.4 is 4.72 Å². The largest absolute Gasteiger partial charge is 0.255 e. The third-order valence-electron chi connectivity index (χ3n) is 4.18. The van der Waals surface area contributed by atoms with E-state index in [-0.39, 0.29) is 16.1 Å². The normalized spacial score (nSPS) is 16.5. The lowest BCUT2D eigenvalue weighted by Crippen LogP contribution is -2.30. The number of hydrogen-bond acceptors (Lipinski definition) is 3. The fourth-order valence-electron chi connectivity index (χ4n) is 2.78. The topological polar surface area (TPSA) is 64.0 Å². The summed E-state index contributed by atoms with van der Waals surface area (Å²) in [4.78, 5) is 0.0689. The van der Waals surface area contributed by atoms with Gasteiger partial charge in [0.1, 0.15) is 10.0 Å². The summed E-state index contributed by atoms with van der Waals surface area (Å²) in [6, 6.07) is 7.75. The highest BCUT2D eigenvalue weighted by Crippen LogP contribution is 2.42. The van der Waals surface area contributed by atoms with Crippen LogP contribution in [0.1, 0.15) is 35.7 Å². The average Bonchev–Trinajstić information content (AvgIpc) is 3.26. The number of aromatic nitrogens is 2. The Morgan fingerprint density at radius 2 is 1.87 bits per heavy atom. The van der Waals surface area contributed by atoms with E-state index in [4.69, 9.17) is 11.6 Å². The Labute approximate surface area is 141 Å². The fraction of sp³-hybridized carbons (Fsp3) is 0.438. The number of rotatable bonds is 5. The predicted molar refractivity (Wildman–Crippen MR) is 89.9 cm³/mol. The summed E-state index contributed by atoms with van der Waals surface area (Å²) in [5.41, 5.74) is 2.54. The number of halogens is 1. The number of aryl methyl sites for hydroxylation is 3. The lowest BCUT2D eigenvalue weighted by molar-refractivity contribution is 0.528. The molecule has 1 atom stereocenters. The highest BCUT2D eigenvalue weighted by Gasteiger charge is 2.37. The Hall–Kier alpha value is -1.37. The van der Waals surface area contributed by atoms with Crippen LogP contribution in [0.15, 0.2) is 29.2 Å². The van der Waals surface area contributed by atoms with E-state index >= 15 is 0 Å². The number of hydrogen-bond donors (Lipinski definition) is 1. The molecule has 1 saturated carbocycles. The molecule has 23 heavy (non-hydrogen) atoms. The van der Waals surface area contributed by atoms with Gasteiger partial charge in [-0.2, -0.15) is 5.10 Å². The number of sulfonamides is 1. The van der Waals surface area contributed by atoms with Crippen LogP contribution in [0.25, 0.3) is 0 Å². The third kappa shape index (κ3) is 3.29. The van der Waals surface area contributed by atoms with Crippen molar-refractivity contribution in [3.05, 3.63) is 46.2 Å². The lowest BCUT2D eigenvalue weighted by atomic mass is 10.0. The quantitative estimate of drug-likeness (QED) is 0.898. The Morgan fingerprint density at radius 3 is 2.35 bits per heavy atom. The number of benzene rings is 1. The Morgan fingerprint density at radius 1 is 1.26 bits per heavy atom. The molecule has 0 unspecified atom stereocenters. The summed E-state index contributed by atoms with van der Waals surface area (Å²) in [6.07, 6.45) is 2.06. The smallest absolute Gasteiger partial charge is 0.246 e. The van der Waals surface area contributed by atoms with Crippen LogP contribution in [0.3, 0.4) is 0 Å². The Bertz CT molecular complexity index is 824. The molecule has 1 fully saturated rings. The Balaban J connectivity index is 1.95. The summed E-state index contributed by atoms with van der Waals surface area (Å²) in [7, 11) is -2.10. The summed E-state index contributed by atoms with van der Waals surface area (Å²) in [5, 5.41) is 4.23. The molecule has 0 radical (unpaired) electrons. The van der Waals surface area contributed by atoms with Gasteiger partial charge in [0.25, 0.3) is 0 Å². The van der Waals surface area contributed by atoms with Crippen molar-refractivity contribution in [3.63, 3.8) is 0 Å². The van der Waals surface area contributed by atoms with Gasteiger partial charge in [0.2, 0.25) is 10.0 Å². The Kier molecular flexibility index (Phi) is 4.25. The van der Waals surface area contributed by atoms with Gasteiger partial charge in [0, 0.05) is 13.1 Å². The summed E-state index contributed by atoms with van der Waals surface area (Å²) >= 11 is 6.13. The van der Waals surface area contributed by atoms with Crippen LogP contribution in [0.2, 0.25) is 5.15 Å². The molecule has 124 valence electrons. The van der Waals surface area contributed by atoms with Crippen LogP contribution in [0, 0.1) is 19.8 Å². The molecule has 1 aromatic heterocycles. The zero-order chi connectivity index (χ0) is 16.8. The number of nitrogens with zero attached hydrogens (tertiary/aromatic N) is 2. The first-order valence-corrected chi connectivity index (χ1v) is 9.43. The van der Waals surface area contributed by atoms with Crippen molar-refractivity contribution < 1.29 is 8.42 Å². The second-order valence-electron chi connectivity index (χ2n) is 6.18. The summed E-state index contributed by atoms with van der Waals surface area (Å²) < 4.78 is 29.9. The molecule has 2 aromatic rings. The molecule has 1 aliphatic rings. The minimum Gasteiger partial charge on any atom is -0.255 e. The maximum atomic E-state index is 12.8. The van der Waals surface area contributed by atoms with Crippen molar-refractivity contribution >= 4 is 21.6 Å². The molecule has 0 aliphatic heterocycles. The van der Waals surface area contributed by atoms with E-state index in [9.17, 15) is 8.42 Å². The SMILES string of the molecule is Cc1ccc([C@@H](NS(=O)(=O)c2c(C)nn(C)c2Cl)C2CC2)cc1. The maximum Gasteiger partial charge on any atom is 0.246 e. The van der Waals surface area contributed by atoms with Crippen molar-refractivity contribution in [2.24, 2.45) is 13.0 Å². The van der Waals surface area contributed by atoms with Gasteiger partial charge >= 0.3 is 0 Å². The maximum absolute atomic E-state index is 12.8. The average molecular weight is 354 g/mol. The van der Waals surface area contributed by atoms with Gasteiger partial charge in [0.15, 0.2) is 0 Å². The first-order chi connectivity index (χ1) is 10.8. The zero-order valence-corrected chi connectivity index (χ0v) is 14.9. The van der Waals surface area contributed by atoms with Crippen LogP contribution >= 0.6 is 11.6 Å². The van der Waals surface area contributed by atoms with Crippen LogP contribution in [-0.4, -0.2) is 18.2 Å². The predicted octanol–water partition coefficient (Wildman–Crippen LogP) is 3.12. The van der Waals surface area contributed by atoms with E-state index in [1.807, 2.05) is 31.2 Å². The molecule has 0 spiro atoms. The van der Waals surface area contributed by atoms with Crippen LogP contribution in [-0.2, 0) is 17.1 Å². The minimum absolute atomic E-state index is 0.0689. The molecule has 3 rings (SSSR count). The van der Waals surface area contributed by atoms with E-state index in [0.717, 1.165) is 24.0 Å². The van der Waals surface area contributed by atoms with E-state index in [0.29, 0.717) is 11.6 Å². The monoisotopic (exact) mass is 353 g/mol. The van der Waals surface area contributed by atoms with Crippen molar-refractivity contribution in [1.82, 2.24) is 14.5 Å². The minimum atomic E-state index is -3.73. The van der Waals surface area contributed by atoms with Gasteiger partial charge < -0.3 is 0 Å². The first-order valence-electron chi connectivity index (χ1n) is 7.57. The highest BCUT2D eigenvalue weighted by atomic mass is 35.5. The molecule has 1 heterocycles. The zero-order valence-electron chi connectivity index (χ0n) is 13.4. The third-order valence-corrected chi connectivity index (χ3v) is 6.32. The van der Waals surface area contributed by atoms with Crippen molar-refractivity contribution in [1.29, 1.82) is 0 Å². The molecule has 7 heteroatoms. The molecule has 0 bridgehead atoms.